The summed E-state index contributed by atoms with van der Waals surface area (Å²) in [6, 6.07) is 7.20. The lowest BCUT2D eigenvalue weighted by atomic mass is 9.96. The number of urea groups is 1. The molecule has 1 aliphatic rings. The maximum atomic E-state index is 12.2. The maximum Gasteiger partial charge on any atom is 0.321 e. The van der Waals surface area contributed by atoms with Crippen LogP contribution in [0, 0.1) is 5.92 Å². The van der Waals surface area contributed by atoms with Gasteiger partial charge in [-0.3, -0.25) is 0 Å². The predicted octanol–water partition coefficient (Wildman–Crippen LogP) is 2.71. The van der Waals surface area contributed by atoms with Gasteiger partial charge in [0, 0.05) is 24.8 Å². The van der Waals surface area contributed by atoms with Crippen molar-refractivity contribution >= 4 is 11.7 Å². The van der Waals surface area contributed by atoms with Gasteiger partial charge in [-0.1, -0.05) is 19.9 Å². The van der Waals surface area contributed by atoms with Gasteiger partial charge in [0.1, 0.15) is 5.75 Å². The largest absolute Gasteiger partial charge is 0.494 e. The highest BCUT2D eigenvalue weighted by Crippen LogP contribution is 2.20. The van der Waals surface area contributed by atoms with Crippen LogP contribution in [0.5, 0.6) is 5.75 Å². The number of ether oxygens (including phenoxy) is 1. The zero-order chi connectivity index (χ0) is 15.2. The van der Waals surface area contributed by atoms with Gasteiger partial charge in [0.2, 0.25) is 0 Å². The molecule has 0 spiro atoms. The van der Waals surface area contributed by atoms with E-state index in [9.17, 15) is 9.90 Å². The molecule has 2 N–H and O–H groups in total. The van der Waals surface area contributed by atoms with E-state index in [4.69, 9.17) is 4.74 Å². The van der Waals surface area contributed by atoms with E-state index in [0.717, 1.165) is 18.6 Å². The van der Waals surface area contributed by atoms with E-state index < -0.39 is 6.10 Å². The lowest BCUT2D eigenvalue weighted by Crippen LogP contribution is -2.47. The van der Waals surface area contributed by atoms with Gasteiger partial charge >= 0.3 is 6.03 Å². The third kappa shape index (κ3) is 4.36. The zero-order valence-corrected chi connectivity index (χ0v) is 12.7. The molecule has 2 atom stereocenters. The van der Waals surface area contributed by atoms with Crippen LogP contribution in [-0.2, 0) is 0 Å². The van der Waals surface area contributed by atoms with Crippen LogP contribution in [0.1, 0.15) is 26.7 Å². The second kappa shape index (κ2) is 7.31. The number of hydrogen-bond acceptors (Lipinski definition) is 3. The monoisotopic (exact) mass is 292 g/mol. The summed E-state index contributed by atoms with van der Waals surface area (Å²) >= 11 is 0. The Kier molecular flexibility index (Phi) is 5.44. The molecular weight excluding hydrogens is 268 g/mol. The molecule has 0 aromatic heterocycles. The smallest absolute Gasteiger partial charge is 0.321 e. The molecular formula is C16H24N2O3. The first-order valence-corrected chi connectivity index (χ1v) is 7.57. The molecule has 1 saturated heterocycles. The van der Waals surface area contributed by atoms with Gasteiger partial charge in [-0.2, -0.15) is 0 Å². The maximum absolute atomic E-state index is 12.2. The van der Waals surface area contributed by atoms with Gasteiger partial charge in [0.15, 0.2) is 0 Å². The number of anilines is 1. The second-order valence-corrected chi connectivity index (χ2v) is 5.59. The molecule has 0 saturated carbocycles. The lowest BCUT2D eigenvalue weighted by molar-refractivity contribution is 0.0464. The number of β-amino-alcohol motifs (C(OH)–C–C–N with tert-alkyl or cyclic N) is 1. The molecule has 116 valence electrons. The molecule has 5 heteroatoms. The van der Waals surface area contributed by atoms with Crippen molar-refractivity contribution < 1.29 is 14.6 Å². The highest BCUT2D eigenvalue weighted by atomic mass is 16.5. The topological polar surface area (TPSA) is 61.8 Å². The number of benzene rings is 1. The van der Waals surface area contributed by atoms with E-state index in [-0.39, 0.29) is 11.9 Å². The molecule has 0 aliphatic carbocycles. The quantitative estimate of drug-likeness (QED) is 0.897. The Balaban J connectivity index is 1.93. The summed E-state index contributed by atoms with van der Waals surface area (Å²) in [5.41, 5.74) is 0.710. The van der Waals surface area contributed by atoms with Crippen molar-refractivity contribution in [2.24, 2.45) is 5.92 Å². The van der Waals surface area contributed by atoms with Crippen LogP contribution < -0.4 is 10.1 Å². The van der Waals surface area contributed by atoms with Gasteiger partial charge in [-0.25, -0.2) is 4.79 Å². The molecule has 1 fully saturated rings. The Morgan fingerprint density at radius 3 is 3.05 bits per heavy atom. The van der Waals surface area contributed by atoms with E-state index in [1.165, 1.54) is 0 Å². The van der Waals surface area contributed by atoms with Crippen molar-refractivity contribution in [3.63, 3.8) is 0 Å². The zero-order valence-electron chi connectivity index (χ0n) is 12.7. The van der Waals surface area contributed by atoms with Crippen molar-refractivity contribution in [2.45, 2.75) is 32.8 Å². The van der Waals surface area contributed by atoms with Crippen LogP contribution in [-0.4, -0.2) is 41.8 Å². The molecule has 1 aromatic rings. The number of hydrogen-bond donors (Lipinski definition) is 2. The van der Waals surface area contributed by atoms with Crippen LogP contribution >= 0.6 is 0 Å². The summed E-state index contributed by atoms with van der Waals surface area (Å²) in [5, 5.41) is 12.7. The molecule has 2 rings (SSSR count). The fraction of sp³-hybridized carbons (Fsp3) is 0.562. The molecule has 1 heterocycles. The van der Waals surface area contributed by atoms with Crippen molar-refractivity contribution in [2.75, 3.05) is 25.0 Å². The standard InChI is InChI=1S/C16H24N2O3/c1-3-9-21-14-6-4-5-13(10-14)17-16(20)18-8-7-12(2)15(19)11-18/h4-6,10,12,15,19H,3,7-9,11H2,1-2H3,(H,17,20). The average molecular weight is 292 g/mol. The molecule has 0 bridgehead atoms. The molecule has 5 nitrogen and oxygen atoms in total. The van der Waals surface area contributed by atoms with E-state index in [1.54, 1.807) is 4.90 Å². The van der Waals surface area contributed by atoms with Gasteiger partial charge in [0.05, 0.1) is 12.7 Å². The Bertz CT molecular complexity index is 478. The van der Waals surface area contributed by atoms with Gasteiger partial charge in [0.25, 0.3) is 0 Å². The third-order valence-corrected chi connectivity index (χ3v) is 3.76. The Hall–Kier alpha value is -1.75. The SMILES string of the molecule is CCCOc1cccc(NC(=O)N2CCC(C)C(O)C2)c1. The molecule has 21 heavy (non-hydrogen) atoms. The number of likely N-dealkylation sites (tertiary alicyclic amines) is 1. The highest BCUT2D eigenvalue weighted by Gasteiger charge is 2.27. The van der Waals surface area contributed by atoms with Gasteiger partial charge in [-0.05, 0) is 30.9 Å². The van der Waals surface area contributed by atoms with Crippen LogP contribution in [0.3, 0.4) is 0 Å². The summed E-state index contributed by atoms with van der Waals surface area (Å²) < 4.78 is 5.55. The number of piperidine rings is 1. The number of nitrogens with one attached hydrogen (secondary N) is 1. The minimum Gasteiger partial charge on any atom is -0.494 e. The number of aliphatic hydroxyl groups is 1. The van der Waals surface area contributed by atoms with Crippen LogP contribution in [0.25, 0.3) is 0 Å². The molecule has 2 unspecified atom stereocenters. The fourth-order valence-electron chi connectivity index (χ4n) is 2.32. The minimum absolute atomic E-state index is 0.173. The second-order valence-electron chi connectivity index (χ2n) is 5.59. The summed E-state index contributed by atoms with van der Waals surface area (Å²) in [7, 11) is 0. The van der Waals surface area contributed by atoms with E-state index in [2.05, 4.69) is 5.32 Å². The molecule has 2 amide bonds. The van der Waals surface area contributed by atoms with E-state index >= 15 is 0 Å². The van der Waals surface area contributed by atoms with E-state index in [1.807, 2.05) is 38.1 Å². The predicted molar refractivity (Wildman–Crippen MR) is 82.6 cm³/mol. The van der Waals surface area contributed by atoms with Crippen molar-refractivity contribution in [3.8, 4) is 5.75 Å². The highest BCUT2D eigenvalue weighted by molar-refractivity contribution is 5.89. The van der Waals surface area contributed by atoms with Crippen LogP contribution in [0.4, 0.5) is 10.5 Å². The van der Waals surface area contributed by atoms with Gasteiger partial charge in [-0.15, -0.1) is 0 Å². The lowest BCUT2D eigenvalue weighted by Gasteiger charge is -2.34. The Morgan fingerprint density at radius 2 is 2.33 bits per heavy atom. The summed E-state index contributed by atoms with van der Waals surface area (Å²) in [6.45, 7) is 5.78. The summed E-state index contributed by atoms with van der Waals surface area (Å²) in [4.78, 5) is 13.9. The molecule has 1 aromatic carbocycles. The first kappa shape index (κ1) is 15.6. The summed E-state index contributed by atoms with van der Waals surface area (Å²) in [6.07, 6.45) is 1.33. The van der Waals surface area contributed by atoms with Crippen LogP contribution in [0.15, 0.2) is 24.3 Å². The Labute approximate surface area is 125 Å². The third-order valence-electron chi connectivity index (χ3n) is 3.76. The van der Waals surface area contributed by atoms with Crippen molar-refractivity contribution in [3.05, 3.63) is 24.3 Å². The normalized spacial score (nSPS) is 22.0. The van der Waals surface area contributed by atoms with Crippen molar-refractivity contribution in [1.82, 2.24) is 4.90 Å². The minimum atomic E-state index is -0.441. The number of amides is 2. The molecule has 1 aliphatic heterocycles. The summed E-state index contributed by atoms with van der Waals surface area (Å²) in [5.74, 6) is 1.00. The first-order chi connectivity index (χ1) is 10.1. The van der Waals surface area contributed by atoms with Crippen LogP contribution in [0.2, 0.25) is 0 Å². The average Bonchev–Trinajstić information content (AvgIpc) is 2.48. The fourth-order valence-corrected chi connectivity index (χ4v) is 2.32. The Morgan fingerprint density at radius 1 is 1.52 bits per heavy atom. The van der Waals surface area contributed by atoms with Gasteiger partial charge < -0.3 is 20.1 Å². The first-order valence-electron chi connectivity index (χ1n) is 7.57. The number of carbonyl (C=O) groups is 1. The number of aliphatic hydroxyl groups excluding tert-OH is 1. The molecule has 0 radical (unpaired) electrons. The van der Waals surface area contributed by atoms with Crippen molar-refractivity contribution in [1.29, 1.82) is 0 Å². The number of rotatable bonds is 4. The van der Waals surface area contributed by atoms with E-state index in [0.29, 0.717) is 25.4 Å². The number of nitrogens with zero attached hydrogens (tertiary/aromatic N) is 1. The number of carbonyl (C=O) groups excluding carboxylic acids is 1.